The summed E-state index contributed by atoms with van der Waals surface area (Å²) in [4.78, 5) is 0. The molecular weight excluding hydrogens is 304 g/mol. The molecule has 4 heteroatoms. The standard InChI is InChI=1S/C20H28O4/c1-18(2,22)14-9-5-7-12(11-21)15-16-13(14)8-6-10-20(16)17(15)23-19(3,4)24-20/h5,7,9,13-14,17,21-22H,6,8,10-11H2,1-4H3/b9-5-,12-7-/t13-,14?,17-,20+/m0/s1. The lowest BCUT2D eigenvalue weighted by atomic mass is 9.54. The van der Waals surface area contributed by atoms with Crippen LogP contribution in [0.3, 0.4) is 0 Å². The van der Waals surface area contributed by atoms with Gasteiger partial charge in [0.15, 0.2) is 5.79 Å². The van der Waals surface area contributed by atoms with E-state index < -0.39 is 11.4 Å². The molecule has 2 fully saturated rings. The first kappa shape index (κ1) is 16.5. The lowest BCUT2D eigenvalue weighted by Gasteiger charge is -2.55. The van der Waals surface area contributed by atoms with E-state index in [0.29, 0.717) is 0 Å². The summed E-state index contributed by atoms with van der Waals surface area (Å²) in [5, 5.41) is 20.6. The molecular formula is C20H28O4. The highest BCUT2D eigenvalue weighted by Gasteiger charge is 2.67. The van der Waals surface area contributed by atoms with Crippen molar-refractivity contribution in [2.75, 3.05) is 6.61 Å². The van der Waals surface area contributed by atoms with Crippen LogP contribution in [0.4, 0.5) is 0 Å². The Kier molecular flexibility index (Phi) is 3.47. The molecule has 0 radical (unpaired) electrons. The van der Waals surface area contributed by atoms with Gasteiger partial charge in [0.2, 0.25) is 0 Å². The van der Waals surface area contributed by atoms with E-state index in [0.717, 1.165) is 30.4 Å². The predicted octanol–water partition coefficient (Wildman–Crippen LogP) is 2.86. The van der Waals surface area contributed by atoms with Gasteiger partial charge in [-0.05, 0) is 69.6 Å². The van der Waals surface area contributed by atoms with Gasteiger partial charge in [-0.1, -0.05) is 18.2 Å². The number of aliphatic hydroxyl groups excluding tert-OH is 1. The Bertz CT molecular complexity index is 649. The third kappa shape index (κ3) is 2.13. The molecule has 4 rings (SSSR count). The average molecular weight is 332 g/mol. The van der Waals surface area contributed by atoms with Gasteiger partial charge in [-0.25, -0.2) is 0 Å². The summed E-state index contributed by atoms with van der Waals surface area (Å²) < 4.78 is 12.7. The first-order chi connectivity index (χ1) is 11.2. The van der Waals surface area contributed by atoms with Crippen molar-refractivity contribution in [1.82, 2.24) is 0 Å². The smallest absolute Gasteiger partial charge is 0.165 e. The van der Waals surface area contributed by atoms with Crippen molar-refractivity contribution in [1.29, 1.82) is 0 Å². The fourth-order valence-corrected chi connectivity index (χ4v) is 5.32. The molecule has 1 spiro atoms. The van der Waals surface area contributed by atoms with Gasteiger partial charge >= 0.3 is 0 Å². The van der Waals surface area contributed by atoms with Crippen molar-refractivity contribution in [3.05, 3.63) is 34.9 Å². The second-order valence-corrected chi connectivity index (χ2v) is 8.63. The molecule has 0 aromatic carbocycles. The fraction of sp³-hybridized carbons (Fsp3) is 0.700. The third-order valence-corrected chi connectivity index (χ3v) is 6.08. The normalized spacial score (nSPS) is 43.8. The van der Waals surface area contributed by atoms with Crippen LogP contribution < -0.4 is 0 Å². The van der Waals surface area contributed by atoms with Crippen LogP contribution in [0.2, 0.25) is 0 Å². The lowest BCUT2D eigenvalue weighted by molar-refractivity contribution is -0.158. The molecule has 1 aliphatic heterocycles. The molecule has 0 amide bonds. The van der Waals surface area contributed by atoms with Crippen LogP contribution in [-0.4, -0.2) is 39.9 Å². The van der Waals surface area contributed by atoms with Gasteiger partial charge in [-0.2, -0.15) is 0 Å². The number of hydrogen-bond acceptors (Lipinski definition) is 4. The summed E-state index contributed by atoms with van der Waals surface area (Å²) in [6, 6.07) is 0. The number of hydrogen-bond donors (Lipinski definition) is 2. The van der Waals surface area contributed by atoms with Crippen LogP contribution in [0.1, 0.15) is 47.0 Å². The largest absolute Gasteiger partial charge is 0.392 e. The summed E-state index contributed by atoms with van der Waals surface area (Å²) in [5.41, 5.74) is 2.13. The van der Waals surface area contributed by atoms with E-state index >= 15 is 0 Å². The first-order valence-electron chi connectivity index (χ1n) is 9.03. The highest BCUT2D eigenvalue weighted by atomic mass is 16.8. The molecule has 3 aliphatic carbocycles. The Hall–Kier alpha value is -0.940. The summed E-state index contributed by atoms with van der Waals surface area (Å²) in [7, 11) is 0. The van der Waals surface area contributed by atoms with Crippen LogP contribution in [0.5, 0.6) is 0 Å². The molecule has 2 N–H and O–H groups in total. The summed E-state index contributed by atoms with van der Waals surface area (Å²) in [6.07, 6.45) is 9.00. The van der Waals surface area contributed by atoms with E-state index in [-0.39, 0.29) is 30.1 Å². The molecule has 4 nitrogen and oxygen atoms in total. The molecule has 0 bridgehead atoms. The maximum atomic E-state index is 10.7. The second kappa shape index (κ2) is 5.04. The fourth-order valence-electron chi connectivity index (χ4n) is 5.32. The zero-order valence-electron chi connectivity index (χ0n) is 15.0. The molecule has 0 aromatic heterocycles. The Labute approximate surface area is 143 Å². The second-order valence-electron chi connectivity index (χ2n) is 8.63. The maximum Gasteiger partial charge on any atom is 0.165 e. The molecule has 1 saturated heterocycles. The minimum atomic E-state index is -0.803. The lowest BCUT2D eigenvalue weighted by Crippen LogP contribution is -2.59. The molecule has 0 aromatic rings. The minimum Gasteiger partial charge on any atom is -0.392 e. The van der Waals surface area contributed by atoms with Crippen molar-refractivity contribution < 1.29 is 19.7 Å². The number of rotatable bonds is 2. The van der Waals surface area contributed by atoms with Gasteiger partial charge in [0.05, 0.1) is 12.2 Å². The van der Waals surface area contributed by atoms with Crippen molar-refractivity contribution in [2.45, 2.75) is 70.1 Å². The van der Waals surface area contributed by atoms with Crippen molar-refractivity contribution in [3.63, 3.8) is 0 Å². The Morgan fingerprint density at radius 3 is 2.75 bits per heavy atom. The molecule has 132 valence electrons. The Morgan fingerprint density at radius 2 is 2.08 bits per heavy atom. The number of fused-ring (bicyclic) bond motifs is 1. The quantitative estimate of drug-likeness (QED) is 0.816. The Balaban J connectivity index is 1.88. The van der Waals surface area contributed by atoms with Crippen molar-refractivity contribution in [2.24, 2.45) is 11.8 Å². The molecule has 4 aliphatic rings. The van der Waals surface area contributed by atoms with E-state index in [1.165, 1.54) is 5.57 Å². The van der Waals surface area contributed by atoms with Crippen LogP contribution in [0.15, 0.2) is 34.9 Å². The van der Waals surface area contributed by atoms with E-state index in [4.69, 9.17) is 9.47 Å². The first-order valence-corrected chi connectivity index (χ1v) is 9.03. The highest BCUT2D eigenvalue weighted by Crippen LogP contribution is 2.63. The SMILES string of the molecule is CC1(C)O[C@H]2C3=C4[C@@H](CCC[C@@]42O1)C(C(C)(C)O)/C=C\C=C/3CO. The monoisotopic (exact) mass is 332 g/mol. The van der Waals surface area contributed by atoms with Crippen molar-refractivity contribution >= 4 is 0 Å². The zero-order chi connectivity index (χ0) is 17.3. The third-order valence-electron chi connectivity index (χ3n) is 6.08. The van der Waals surface area contributed by atoms with E-state index in [1.807, 2.05) is 39.8 Å². The molecule has 1 saturated carbocycles. The van der Waals surface area contributed by atoms with Gasteiger partial charge in [0.25, 0.3) is 0 Å². The maximum absolute atomic E-state index is 10.7. The van der Waals surface area contributed by atoms with Gasteiger partial charge in [0.1, 0.15) is 11.7 Å². The zero-order valence-corrected chi connectivity index (χ0v) is 15.0. The van der Waals surface area contributed by atoms with Gasteiger partial charge in [-0.3, -0.25) is 0 Å². The summed E-state index contributed by atoms with van der Waals surface area (Å²) >= 11 is 0. The molecule has 24 heavy (non-hydrogen) atoms. The van der Waals surface area contributed by atoms with Gasteiger partial charge < -0.3 is 19.7 Å². The van der Waals surface area contributed by atoms with E-state index in [9.17, 15) is 10.2 Å². The van der Waals surface area contributed by atoms with Gasteiger partial charge in [0, 0.05) is 5.92 Å². The van der Waals surface area contributed by atoms with Crippen LogP contribution in [0, 0.1) is 11.8 Å². The topological polar surface area (TPSA) is 58.9 Å². The van der Waals surface area contributed by atoms with E-state index in [2.05, 4.69) is 6.08 Å². The predicted molar refractivity (Wildman–Crippen MR) is 91.2 cm³/mol. The summed E-state index contributed by atoms with van der Waals surface area (Å²) in [6.45, 7) is 7.69. The van der Waals surface area contributed by atoms with Gasteiger partial charge in [-0.15, -0.1) is 0 Å². The average Bonchev–Trinajstić information content (AvgIpc) is 2.64. The molecule has 1 heterocycles. The number of ether oxygens (including phenoxy) is 2. The van der Waals surface area contributed by atoms with Crippen LogP contribution in [0.25, 0.3) is 0 Å². The van der Waals surface area contributed by atoms with Crippen molar-refractivity contribution in [3.8, 4) is 0 Å². The number of aliphatic hydroxyl groups is 2. The molecule has 4 atom stereocenters. The highest BCUT2D eigenvalue weighted by molar-refractivity contribution is 5.59. The van der Waals surface area contributed by atoms with Crippen LogP contribution >= 0.6 is 0 Å². The Morgan fingerprint density at radius 1 is 1.33 bits per heavy atom. The minimum absolute atomic E-state index is 0.000549. The summed E-state index contributed by atoms with van der Waals surface area (Å²) in [5.74, 6) is -0.357. The molecule has 1 unspecified atom stereocenters. The number of allylic oxidation sites excluding steroid dienone is 2. The van der Waals surface area contributed by atoms with E-state index in [1.54, 1.807) is 0 Å². The van der Waals surface area contributed by atoms with Crippen LogP contribution in [-0.2, 0) is 9.47 Å².